The van der Waals surface area contributed by atoms with Gasteiger partial charge in [-0.3, -0.25) is 14.1 Å². The van der Waals surface area contributed by atoms with Gasteiger partial charge in [-0.1, -0.05) is 22.8 Å². The molecule has 0 amide bonds. The highest BCUT2D eigenvalue weighted by atomic mass is 35.5. The fourth-order valence-electron chi connectivity index (χ4n) is 4.61. The second-order valence-corrected chi connectivity index (χ2v) is 8.70. The van der Waals surface area contributed by atoms with Crippen molar-refractivity contribution in [3.8, 4) is 11.6 Å². The van der Waals surface area contributed by atoms with Crippen molar-refractivity contribution in [1.82, 2.24) is 29.0 Å². The normalized spacial score (nSPS) is 19.7. The highest BCUT2D eigenvalue weighted by molar-refractivity contribution is 6.35. The third kappa shape index (κ3) is 3.63. The highest BCUT2D eigenvalue weighted by Gasteiger charge is 2.26. The summed E-state index contributed by atoms with van der Waals surface area (Å²) < 4.78 is 20.1. The Labute approximate surface area is 193 Å². The summed E-state index contributed by atoms with van der Waals surface area (Å²) in [7, 11) is 0. The molecule has 1 aromatic carbocycles. The van der Waals surface area contributed by atoms with Crippen molar-refractivity contribution in [2.45, 2.75) is 25.5 Å². The molecule has 4 aromatic rings. The molecule has 10 nitrogen and oxygen atoms in total. The summed E-state index contributed by atoms with van der Waals surface area (Å²) >= 11 is 6.57. The van der Waals surface area contributed by atoms with Crippen molar-refractivity contribution >= 4 is 28.2 Å². The van der Waals surface area contributed by atoms with Crippen molar-refractivity contribution in [3.05, 3.63) is 45.7 Å². The Kier molecular flexibility index (Phi) is 5.37. The molecule has 2 fully saturated rings. The van der Waals surface area contributed by atoms with Crippen LogP contribution in [0.25, 0.3) is 28.1 Å². The largest absolute Gasteiger partial charge is 0.379 e. The van der Waals surface area contributed by atoms with Gasteiger partial charge < -0.3 is 18.6 Å². The number of rotatable bonds is 5. The Hall–Kier alpha value is -2.79. The minimum absolute atomic E-state index is 0.179. The van der Waals surface area contributed by atoms with E-state index in [4.69, 9.17) is 25.6 Å². The van der Waals surface area contributed by atoms with E-state index in [0.717, 1.165) is 31.4 Å². The van der Waals surface area contributed by atoms with E-state index >= 15 is 0 Å². The lowest BCUT2D eigenvalue weighted by Gasteiger charge is -2.27. The van der Waals surface area contributed by atoms with Gasteiger partial charge in [0.05, 0.1) is 29.3 Å². The maximum absolute atomic E-state index is 13.8. The molecule has 1 unspecified atom stereocenters. The quantitative estimate of drug-likeness (QED) is 0.438. The van der Waals surface area contributed by atoms with Crippen LogP contribution in [-0.4, -0.2) is 68.4 Å². The molecule has 11 heteroatoms. The molecule has 0 spiro atoms. The summed E-state index contributed by atoms with van der Waals surface area (Å²) in [4.78, 5) is 25.0. The third-order valence-corrected chi connectivity index (χ3v) is 6.62. The molecular weight excluding hydrogens is 448 g/mol. The molecular formula is C22H23ClN6O4. The van der Waals surface area contributed by atoms with E-state index in [-0.39, 0.29) is 17.6 Å². The van der Waals surface area contributed by atoms with Gasteiger partial charge in [-0.05, 0) is 25.0 Å². The number of aromatic nitrogens is 5. The number of para-hydroxylation sites is 1. The monoisotopic (exact) mass is 470 g/mol. The number of morpholine rings is 1. The van der Waals surface area contributed by atoms with Gasteiger partial charge in [-0.2, -0.15) is 4.98 Å². The second kappa shape index (κ2) is 8.53. The molecule has 33 heavy (non-hydrogen) atoms. The molecule has 0 bridgehead atoms. The number of imidazole rings is 1. The predicted octanol–water partition coefficient (Wildman–Crippen LogP) is 2.54. The number of halogens is 1. The van der Waals surface area contributed by atoms with E-state index in [1.54, 1.807) is 21.4 Å². The van der Waals surface area contributed by atoms with Gasteiger partial charge in [0.25, 0.3) is 11.4 Å². The molecule has 0 N–H and O–H groups in total. The van der Waals surface area contributed by atoms with E-state index < -0.39 is 0 Å². The van der Waals surface area contributed by atoms with Crippen LogP contribution < -0.4 is 5.56 Å². The Balaban J connectivity index is 1.47. The van der Waals surface area contributed by atoms with Gasteiger partial charge in [-0.25, -0.2) is 4.98 Å². The smallest absolute Gasteiger partial charge is 0.279 e. The Bertz CT molecular complexity index is 1370. The Morgan fingerprint density at radius 3 is 2.82 bits per heavy atom. The third-order valence-electron chi connectivity index (χ3n) is 6.32. The zero-order valence-corrected chi connectivity index (χ0v) is 18.7. The zero-order valence-electron chi connectivity index (χ0n) is 17.9. The van der Waals surface area contributed by atoms with Crippen LogP contribution in [0.1, 0.15) is 24.8 Å². The number of nitrogens with zero attached hydrogens (tertiary/aromatic N) is 6. The van der Waals surface area contributed by atoms with Crippen LogP contribution in [0.3, 0.4) is 0 Å². The molecule has 0 radical (unpaired) electrons. The van der Waals surface area contributed by atoms with E-state index in [2.05, 4.69) is 20.0 Å². The predicted molar refractivity (Wildman–Crippen MR) is 120 cm³/mol. The second-order valence-electron chi connectivity index (χ2n) is 8.29. The Morgan fingerprint density at radius 2 is 2.00 bits per heavy atom. The van der Waals surface area contributed by atoms with Crippen molar-refractivity contribution in [3.63, 3.8) is 0 Å². The average molecular weight is 471 g/mol. The Morgan fingerprint density at radius 1 is 1.12 bits per heavy atom. The molecule has 0 saturated carbocycles. The van der Waals surface area contributed by atoms with Gasteiger partial charge >= 0.3 is 0 Å². The maximum Gasteiger partial charge on any atom is 0.279 e. The molecule has 0 aliphatic carbocycles. The molecule has 3 aromatic heterocycles. The fraction of sp³-hybridized carbons (Fsp3) is 0.455. The van der Waals surface area contributed by atoms with Gasteiger partial charge in [0.1, 0.15) is 17.9 Å². The van der Waals surface area contributed by atoms with Crippen molar-refractivity contribution in [2.24, 2.45) is 0 Å². The minimum atomic E-state index is -0.201. The van der Waals surface area contributed by atoms with Crippen LogP contribution in [0, 0.1) is 0 Å². The zero-order chi connectivity index (χ0) is 22.4. The average Bonchev–Trinajstić information content (AvgIpc) is 3.60. The lowest BCUT2D eigenvalue weighted by molar-refractivity contribution is 0.0364. The van der Waals surface area contributed by atoms with Crippen LogP contribution in [0.5, 0.6) is 0 Å². The van der Waals surface area contributed by atoms with Crippen molar-refractivity contribution < 1.29 is 14.0 Å². The standard InChI is InChI=1S/C22H23ClN6O4/c23-14-3-1-4-15-18(14)28(7-6-27-8-11-31-12-9-27)22(30)19-17(24-13-29(15)19)21-25-20(26-33-21)16-5-2-10-32-16/h1,3-4,13,16H,2,5-12H2. The summed E-state index contributed by atoms with van der Waals surface area (Å²) in [6, 6.07) is 5.59. The maximum atomic E-state index is 13.8. The molecule has 1 atom stereocenters. The first kappa shape index (κ1) is 20.8. The summed E-state index contributed by atoms with van der Waals surface area (Å²) in [6.45, 7) is 4.97. The van der Waals surface area contributed by atoms with E-state index in [1.165, 1.54) is 0 Å². The molecule has 5 heterocycles. The van der Waals surface area contributed by atoms with Crippen LogP contribution in [0.2, 0.25) is 5.02 Å². The van der Waals surface area contributed by atoms with Gasteiger partial charge in [0, 0.05) is 32.8 Å². The van der Waals surface area contributed by atoms with E-state index in [1.807, 2.05) is 12.1 Å². The van der Waals surface area contributed by atoms with E-state index in [0.29, 0.717) is 60.5 Å². The number of fused-ring (bicyclic) bond motifs is 3. The summed E-state index contributed by atoms with van der Waals surface area (Å²) in [5, 5.41) is 4.59. The first-order valence-corrected chi connectivity index (χ1v) is 11.5. The molecule has 172 valence electrons. The SMILES string of the molecule is O=c1c2c(-c3nc(C4CCCO4)no3)ncn2c2cccc(Cl)c2n1CCN1CCOCC1. The topological polar surface area (TPSA) is 99.9 Å². The lowest BCUT2D eigenvalue weighted by atomic mass is 10.2. The number of hydrogen-bond donors (Lipinski definition) is 0. The van der Waals surface area contributed by atoms with Gasteiger partial charge in [0.15, 0.2) is 5.69 Å². The van der Waals surface area contributed by atoms with Gasteiger partial charge in [-0.15, -0.1) is 0 Å². The van der Waals surface area contributed by atoms with E-state index in [9.17, 15) is 4.79 Å². The number of hydrogen-bond acceptors (Lipinski definition) is 8. The molecule has 2 aliphatic heterocycles. The lowest BCUT2D eigenvalue weighted by Crippen LogP contribution is -2.39. The summed E-state index contributed by atoms with van der Waals surface area (Å²) in [6.07, 6.45) is 3.23. The first-order chi connectivity index (χ1) is 16.2. The number of ether oxygens (including phenoxy) is 2. The summed E-state index contributed by atoms with van der Waals surface area (Å²) in [5.41, 5.74) is 2.01. The van der Waals surface area contributed by atoms with Crippen LogP contribution in [0.15, 0.2) is 33.8 Å². The summed E-state index contributed by atoms with van der Waals surface area (Å²) in [5.74, 6) is 0.696. The first-order valence-electron chi connectivity index (χ1n) is 11.1. The van der Waals surface area contributed by atoms with Crippen LogP contribution in [-0.2, 0) is 16.0 Å². The molecule has 2 saturated heterocycles. The molecule has 2 aliphatic rings. The van der Waals surface area contributed by atoms with Gasteiger partial charge in [0.2, 0.25) is 5.82 Å². The van der Waals surface area contributed by atoms with Crippen molar-refractivity contribution in [1.29, 1.82) is 0 Å². The molecule has 6 rings (SSSR count). The minimum Gasteiger partial charge on any atom is -0.379 e. The van der Waals surface area contributed by atoms with Crippen molar-refractivity contribution in [2.75, 3.05) is 39.5 Å². The van der Waals surface area contributed by atoms with Crippen LogP contribution in [0.4, 0.5) is 0 Å². The number of benzene rings is 1. The highest BCUT2D eigenvalue weighted by Crippen LogP contribution is 2.30. The fourth-order valence-corrected chi connectivity index (χ4v) is 4.88. The van der Waals surface area contributed by atoms with Crippen LogP contribution >= 0.6 is 11.6 Å².